The van der Waals surface area contributed by atoms with Crippen LogP contribution in [0.4, 0.5) is 8.78 Å². The molecule has 0 aliphatic heterocycles. The lowest BCUT2D eigenvalue weighted by Gasteiger charge is -2.54. The molecule has 4 heteroatoms. The highest BCUT2D eigenvalue weighted by molar-refractivity contribution is 5.59. The first-order chi connectivity index (χ1) is 15.9. The van der Waals surface area contributed by atoms with E-state index in [1.165, 1.54) is 23.8 Å². The zero-order chi connectivity index (χ0) is 23.2. The van der Waals surface area contributed by atoms with Gasteiger partial charge in [0.2, 0.25) is 0 Å². The molecule has 0 aromatic heterocycles. The number of fused-ring (bicyclic) bond motifs is 3. The smallest absolute Gasteiger partial charge is 0.132 e. The maximum atomic E-state index is 15.0. The van der Waals surface area contributed by atoms with Gasteiger partial charge in [0.05, 0.1) is 5.56 Å². The highest BCUT2D eigenvalue weighted by atomic mass is 19.1. The van der Waals surface area contributed by atoms with Gasteiger partial charge < -0.3 is 10.2 Å². The van der Waals surface area contributed by atoms with Crippen molar-refractivity contribution in [3.63, 3.8) is 0 Å². The molecule has 2 N–H and O–H groups in total. The minimum Gasteiger partial charge on any atom is -0.508 e. The molecule has 0 amide bonds. The highest BCUT2D eigenvalue weighted by Crippen LogP contribution is 2.59. The van der Waals surface area contributed by atoms with Gasteiger partial charge in [-0.3, -0.25) is 0 Å². The Kier molecular flexibility index (Phi) is 5.37. The van der Waals surface area contributed by atoms with E-state index in [0.29, 0.717) is 12.0 Å². The molecule has 0 saturated heterocycles. The predicted octanol–water partition coefficient (Wildman–Crippen LogP) is 6.65. The van der Waals surface area contributed by atoms with Crippen LogP contribution in [0.1, 0.15) is 54.9 Å². The monoisotopic (exact) mass is 446 g/mol. The van der Waals surface area contributed by atoms with Crippen molar-refractivity contribution >= 4 is 6.08 Å². The quantitative estimate of drug-likeness (QED) is 0.473. The second-order valence-corrected chi connectivity index (χ2v) is 9.50. The molecule has 1 saturated carbocycles. The summed E-state index contributed by atoms with van der Waals surface area (Å²) in [4.78, 5) is 0. The molecule has 2 unspecified atom stereocenters. The maximum absolute atomic E-state index is 15.0. The van der Waals surface area contributed by atoms with Crippen molar-refractivity contribution in [1.82, 2.24) is 0 Å². The molecular weight excluding hydrogens is 418 g/mol. The van der Waals surface area contributed by atoms with E-state index in [0.717, 1.165) is 30.4 Å². The SMILES string of the molecule is CCC12C/C(=C/c3ccccc3)C(O)(c3c(F)cccc3F)C[C@H]1CCc1cc(O)ccc12. The van der Waals surface area contributed by atoms with Gasteiger partial charge >= 0.3 is 0 Å². The summed E-state index contributed by atoms with van der Waals surface area (Å²) in [6, 6.07) is 18.9. The Morgan fingerprint density at radius 2 is 1.73 bits per heavy atom. The van der Waals surface area contributed by atoms with Crippen LogP contribution in [0.2, 0.25) is 0 Å². The molecule has 0 radical (unpaired) electrons. The van der Waals surface area contributed by atoms with E-state index >= 15 is 8.78 Å². The first kappa shape index (κ1) is 21.8. The number of aryl methyl sites for hydroxylation is 1. The lowest BCUT2D eigenvalue weighted by atomic mass is 9.51. The van der Waals surface area contributed by atoms with Gasteiger partial charge in [-0.05, 0) is 84.6 Å². The van der Waals surface area contributed by atoms with Gasteiger partial charge in [0, 0.05) is 5.41 Å². The van der Waals surface area contributed by atoms with Gasteiger partial charge in [-0.2, -0.15) is 0 Å². The van der Waals surface area contributed by atoms with Crippen LogP contribution in [-0.2, 0) is 17.4 Å². The van der Waals surface area contributed by atoms with Crippen LogP contribution in [0.3, 0.4) is 0 Å². The van der Waals surface area contributed by atoms with Gasteiger partial charge in [-0.25, -0.2) is 8.78 Å². The van der Waals surface area contributed by atoms with Crippen LogP contribution in [0.5, 0.6) is 5.75 Å². The highest BCUT2D eigenvalue weighted by Gasteiger charge is 2.54. The second-order valence-electron chi connectivity index (χ2n) is 9.50. The number of phenolic OH excluding ortho intramolecular Hbond substituents is 1. The molecule has 0 heterocycles. The fourth-order valence-electron chi connectivity index (χ4n) is 6.29. The van der Waals surface area contributed by atoms with Gasteiger partial charge in [0.1, 0.15) is 23.0 Å². The number of hydrogen-bond acceptors (Lipinski definition) is 2. The number of rotatable bonds is 3. The van der Waals surface area contributed by atoms with Gasteiger partial charge in [-0.1, -0.05) is 55.5 Å². The fraction of sp³-hybridized carbons (Fsp3) is 0.310. The minimum atomic E-state index is -1.73. The molecule has 0 bridgehead atoms. The Morgan fingerprint density at radius 1 is 1.00 bits per heavy atom. The van der Waals surface area contributed by atoms with Gasteiger partial charge in [-0.15, -0.1) is 0 Å². The average molecular weight is 447 g/mol. The van der Waals surface area contributed by atoms with Crippen LogP contribution in [0.15, 0.2) is 72.3 Å². The van der Waals surface area contributed by atoms with Crippen LogP contribution < -0.4 is 0 Å². The minimum absolute atomic E-state index is 0.0523. The van der Waals surface area contributed by atoms with Crippen molar-refractivity contribution < 1.29 is 19.0 Å². The summed E-state index contributed by atoms with van der Waals surface area (Å²) < 4.78 is 30.0. The zero-order valence-electron chi connectivity index (χ0n) is 18.7. The molecule has 33 heavy (non-hydrogen) atoms. The molecule has 3 aromatic rings. The first-order valence-corrected chi connectivity index (χ1v) is 11.6. The molecule has 0 spiro atoms. The zero-order valence-corrected chi connectivity index (χ0v) is 18.7. The van der Waals surface area contributed by atoms with E-state index in [9.17, 15) is 10.2 Å². The summed E-state index contributed by atoms with van der Waals surface area (Å²) in [7, 11) is 0. The lowest BCUT2D eigenvalue weighted by Crippen LogP contribution is -2.50. The van der Waals surface area contributed by atoms with Crippen molar-refractivity contribution in [2.45, 2.75) is 50.0 Å². The molecule has 5 rings (SSSR count). The van der Waals surface area contributed by atoms with Crippen LogP contribution in [0.25, 0.3) is 6.08 Å². The summed E-state index contributed by atoms with van der Waals surface area (Å²) in [6.45, 7) is 2.14. The lowest BCUT2D eigenvalue weighted by molar-refractivity contribution is -0.0135. The van der Waals surface area contributed by atoms with E-state index in [-0.39, 0.29) is 29.1 Å². The van der Waals surface area contributed by atoms with Gasteiger partial charge in [0.25, 0.3) is 0 Å². The molecule has 170 valence electrons. The van der Waals surface area contributed by atoms with Crippen LogP contribution >= 0.6 is 0 Å². The number of hydrogen-bond donors (Lipinski definition) is 2. The normalized spacial score (nSPS) is 27.8. The standard InChI is InChI=1S/C29H28F2O2/c1-2-28-17-22(15-19-7-4-3-5-8-19)29(33,27-25(30)9-6-10-26(27)31)18-21(28)12-11-20-16-23(32)13-14-24(20)28/h3-10,13-16,21,32-33H,2,11-12,17-18H2,1H3/b22-15-/t21-,28?,29?/m1/s1. The molecule has 1 fully saturated rings. The van der Waals surface area contributed by atoms with Crippen molar-refractivity contribution in [2.24, 2.45) is 5.92 Å². The number of aliphatic hydroxyl groups is 1. The third kappa shape index (κ3) is 3.48. The topological polar surface area (TPSA) is 40.5 Å². The Balaban J connectivity index is 1.72. The molecule has 3 aromatic carbocycles. The number of phenols is 1. The Bertz CT molecular complexity index is 1200. The summed E-state index contributed by atoms with van der Waals surface area (Å²) >= 11 is 0. The predicted molar refractivity (Wildman–Crippen MR) is 126 cm³/mol. The van der Waals surface area contributed by atoms with Crippen molar-refractivity contribution in [3.05, 3.63) is 106 Å². The number of halogens is 2. The molecule has 2 aliphatic rings. The van der Waals surface area contributed by atoms with Crippen molar-refractivity contribution in [1.29, 1.82) is 0 Å². The van der Waals surface area contributed by atoms with Gasteiger partial charge in [0.15, 0.2) is 0 Å². The molecule has 2 nitrogen and oxygen atoms in total. The largest absolute Gasteiger partial charge is 0.508 e. The van der Waals surface area contributed by atoms with E-state index in [2.05, 4.69) is 6.92 Å². The molecular formula is C29H28F2O2. The average Bonchev–Trinajstić information content (AvgIpc) is 2.80. The Morgan fingerprint density at radius 3 is 2.42 bits per heavy atom. The van der Waals surface area contributed by atoms with Crippen LogP contribution in [0, 0.1) is 17.6 Å². The summed E-state index contributed by atoms with van der Waals surface area (Å²) in [5.41, 5.74) is 1.54. The number of aromatic hydroxyl groups is 1. The van der Waals surface area contributed by atoms with E-state index in [4.69, 9.17) is 0 Å². The third-order valence-electron chi connectivity index (χ3n) is 7.90. The van der Waals surface area contributed by atoms with Crippen molar-refractivity contribution in [2.75, 3.05) is 0 Å². The van der Waals surface area contributed by atoms with E-state index < -0.39 is 17.2 Å². The van der Waals surface area contributed by atoms with E-state index in [1.807, 2.05) is 48.5 Å². The molecule has 3 atom stereocenters. The van der Waals surface area contributed by atoms with Crippen LogP contribution in [-0.4, -0.2) is 10.2 Å². The fourth-order valence-corrected chi connectivity index (χ4v) is 6.29. The number of benzene rings is 3. The molecule has 2 aliphatic carbocycles. The Hall–Kier alpha value is -2.98. The second kappa shape index (κ2) is 8.11. The van der Waals surface area contributed by atoms with Crippen molar-refractivity contribution in [3.8, 4) is 5.75 Å². The summed E-state index contributed by atoms with van der Waals surface area (Å²) in [5, 5.41) is 22.1. The van der Waals surface area contributed by atoms with E-state index in [1.54, 1.807) is 6.07 Å². The first-order valence-electron chi connectivity index (χ1n) is 11.6. The third-order valence-corrected chi connectivity index (χ3v) is 7.90. The Labute approximate surface area is 193 Å². The maximum Gasteiger partial charge on any atom is 0.132 e. The summed E-state index contributed by atoms with van der Waals surface area (Å²) in [6.07, 6.45) is 5.03. The summed E-state index contributed by atoms with van der Waals surface area (Å²) in [5.74, 6) is -1.14.